The molecule has 0 aliphatic rings. The Kier molecular flexibility index (Phi) is 5.21. The van der Waals surface area contributed by atoms with Crippen LogP contribution >= 0.6 is 0 Å². The summed E-state index contributed by atoms with van der Waals surface area (Å²) < 4.78 is 10.6. The lowest BCUT2D eigenvalue weighted by atomic mass is 10.0. The fraction of sp³-hybridized carbons (Fsp3) is 0.100. The van der Waals surface area contributed by atoms with Crippen molar-refractivity contribution in [3.05, 3.63) is 59.8 Å². The normalized spacial score (nSPS) is 10.4. The molecule has 3 aromatic rings. The summed E-state index contributed by atoms with van der Waals surface area (Å²) in [7, 11) is 3.01. The zero-order chi connectivity index (χ0) is 20.3. The van der Waals surface area contributed by atoms with Gasteiger partial charge in [-0.05, 0) is 36.4 Å². The third-order valence-electron chi connectivity index (χ3n) is 4.03. The van der Waals surface area contributed by atoms with Crippen LogP contribution in [0.4, 0.5) is 0 Å². The number of pyridine rings is 2. The molecule has 0 saturated heterocycles. The Morgan fingerprint density at radius 2 is 1.50 bits per heavy atom. The van der Waals surface area contributed by atoms with Crippen LogP contribution in [0.15, 0.2) is 48.7 Å². The van der Waals surface area contributed by atoms with Crippen LogP contribution in [0, 0.1) is 0 Å². The molecular weight excluding hydrogens is 364 g/mol. The van der Waals surface area contributed by atoms with E-state index in [1.807, 2.05) is 0 Å². The van der Waals surface area contributed by atoms with Crippen molar-refractivity contribution in [3.8, 4) is 34.1 Å². The second-order valence-corrected chi connectivity index (χ2v) is 5.73. The number of rotatable bonds is 6. The first-order valence-corrected chi connectivity index (χ1v) is 8.10. The predicted molar refractivity (Wildman–Crippen MR) is 99.9 cm³/mol. The summed E-state index contributed by atoms with van der Waals surface area (Å²) in [4.78, 5) is 31.4. The fourth-order valence-electron chi connectivity index (χ4n) is 2.64. The molecule has 0 radical (unpaired) electrons. The predicted octanol–water partition coefficient (Wildman–Crippen LogP) is 3.22. The highest BCUT2D eigenvalue weighted by Gasteiger charge is 2.16. The van der Waals surface area contributed by atoms with Crippen molar-refractivity contribution in [1.29, 1.82) is 0 Å². The number of nitrogens with zero attached hydrogens (tertiary/aromatic N) is 2. The van der Waals surface area contributed by atoms with E-state index in [0.717, 1.165) is 0 Å². The molecule has 0 aliphatic carbocycles. The topological polar surface area (TPSA) is 119 Å². The number of aromatic carboxylic acids is 2. The van der Waals surface area contributed by atoms with Crippen molar-refractivity contribution in [2.24, 2.45) is 0 Å². The molecule has 0 unspecified atom stereocenters. The highest BCUT2D eigenvalue weighted by atomic mass is 16.5. The van der Waals surface area contributed by atoms with Crippen molar-refractivity contribution in [2.45, 2.75) is 0 Å². The van der Waals surface area contributed by atoms with Gasteiger partial charge in [0, 0.05) is 17.8 Å². The number of carboxylic acid groups (broad SMARTS) is 2. The van der Waals surface area contributed by atoms with Crippen LogP contribution in [0.1, 0.15) is 20.7 Å². The summed E-state index contributed by atoms with van der Waals surface area (Å²) in [5.41, 5.74) is 1.39. The van der Waals surface area contributed by atoms with Crippen LogP contribution in [0.2, 0.25) is 0 Å². The lowest BCUT2D eigenvalue weighted by Crippen LogP contribution is -2.02. The Morgan fingerprint density at radius 3 is 2.14 bits per heavy atom. The van der Waals surface area contributed by atoms with Gasteiger partial charge in [-0.2, -0.15) is 0 Å². The summed E-state index contributed by atoms with van der Waals surface area (Å²) in [5.74, 6) is -1.24. The van der Waals surface area contributed by atoms with Gasteiger partial charge in [-0.1, -0.05) is 0 Å². The fourth-order valence-corrected chi connectivity index (χ4v) is 2.64. The summed E-state index contributed by atoms with van der Waals surface area (Å²) in [6.45, 7) is 0. The van der Waals surface area contributed by atoms with E-state index in [9.17, 15) is 19.8 Å². The number of carboxylic acids is 2. The van der Waals surface area contributed by atoms with E-state index >= 15 is 0 Å². The Morgan fingerprint density at radius 1 is 0.821 bits per heavy atom. The maximum Gasteiger partial charge on any atom is 0.335 e. The molecule has 2 heterocycles. The highest BCUT2D eigenvalue weighted by molar-refractivity contribution is 5.92. The van der Waals surface area contributed by atoms with Crippen LogP contribution in [0.3, 0.4) is 0 Å². The summed E-state index contributed by atoms with van der Waals surface area (Å²) in [5, 5.41) is 18.7. The minimum Gasteiger partial charge on any atom is -0.497 e. The molecule has 0 bridgehead atoms. The van der Waals surface area contributed by atoms with Gasteiger partial charge in [0.25, 0.3) is 0 Å². The number of methoxy groups -OCH3 is 2. The van der Waals surface area contributed by atoms with E-state index in [2.05, 4.69) is 9.97 Å². The number of hydrogen-bond donors (Lipinski definition) is 2. The maximum absolute atomic E-state index is 11.6. The molecule has 1 aromatic carbocycles. The first-order chi connectivity index (χ1) is 13.4. The largest absolute Gasteiger partial charge is 0.497 e. The second kappa shape index (κ2) is 7.75. The van der Waals surface area contributed by atoms with Gasteiger partial charge in [0.05, 0.1) is 42.4 Å². The van der Waals surface area contributed by atoms with Crippen LogP contribution in [-0.4, -0.2) is 46.3 Å². The molecule has 8 heteroatoms. The standard InChI is InChI=1S/C20H16N2O6/c1-27-13-3-4-14(18(10-13)28-2)15-8-12(20(25)26)9-17(22-15)16-7-11(19(23)24)5-6-21-16/h3-10H,1-2H3,(H,23,24)(H,25,26). The van der Waals surface area contributed by atoms with E-state index in [0.29, 0.717) is 22.8 Å². The Balaban J connectivity index is 2.20. The first-order valence-electron chi connectivity index (χ1n) is 8.10. The minimum absolute atomic E-state index is 0.0135. The van der Waals surface area contributed by atoms with Gasteiger partial charge in [-0.3, -0.25) is 4.98 Å². The van der Waals surface area contributed by atoms with Crippen molar-refractivity contribution in [1.82, 2.24) is 9.97 Å². The van der Waals surface area contributed by atoms with Crippen molar-refractivity contribution in [2.75, 3.05) is 14.2 Å². The van der Waals surface area contributed by atoms with Crippen LogP contribution in [0.5, 0.6) is 11.5 Å². The van der Waals surface area contributed by atoms with Gasteiger partial charge in [0.2, 0.25) is 0 Å². The molecule has 3 rings (SSSR count). The van der Waals surface area contributed by atoms with E-state index in [-0.39, 0.29) is 22.5 Å². The molecule has 0 atom stereocenters. The molecule has 2 aromatic heterocycles. The average Bonchev–Trinajstić information content (AvgIpc) is 2.72. The van der Waals surface area contributed by atoms with Gasteiger partial charge < -0.3 is 19.7 Å². The molecule has 28 heavy (non-hydrogen) atoms. The van der Waals surface area contributed by atoms with Gasteiger partial charge in [-0.25, -0.2) is 14.6 Å². The molecule has 0 spiro atoms. The van der Waals surface area contributed by atoms with E-state index in [1.54, 1.807) is 18.2 Å². The summed E-state index contributed by atoms with van der Waals surface area (Å²) in [6, 6.07) is 10.5. The van der Waals surface area contributed by atoms with Crippen molar-refractivity contribution >= 4 is 11.9 Å². The SMILES string of the molecule is COc1ccc(-c2cc(C(=O)O)cc(-c3cc(C(=O)O)ccn3)n2)c(OC)c1. The Labute approximate surface area is 160 Å². The van der Waals surface area contributed by atoms with E-state index in [4.69, 9.17) is 9.47 Å². The summed E-state index contributed by atoms with van der Waals surface area (Å²) >= 11 is 0. The molecule has 2 N–H and O–H groups in total. The quantitative estimate of drug-likeness (QED) is 0.669. The highest BCUT2D eigenvalue weighted by Crippen LogP contribution is 2.34. The monoisotopic (exact) mass is 380 g/mol. The molecule has 0 aliphatic heterocycles. The van der Waals surface area contributed by atoms with Gasteiger partial charge >= 0.3 is 11.9 Å². The zero-order valence-electron chi connectivity index (χ0n) is 15.0. The zero-order valence-corrected chi connectivity index (χ0v) is 15.0. The number of carbonyl (C=O) groups is 2. The average molecular weight is 380 g/mol. The minimum atomic E-state index is -1.15. The molecule has 0 saturated carbocycles. The molecule has 8 nitrogen and oxygen atoms in total. The lowest BCUT2D eigenvalue weighted by molar-refractivity contribution is 0.0686. The van der Waals surface area contributed by atoms with Gasteiger partial charge in [-0.15, -0.1) is 0 Å². The third-order valence-corrected chi connectivity index (χ3v) is 4.03. The maximum atomic E-state index is 11.6. The summed E-state index contributed by atoms with van der Waals surface area (Å²) in [6.07, 6.45) is 1.33. The third kappa shape index (κ3) is 3.75. The Bertz CT molecular complexity index is 1060. The van der Waals surface area contributed by atoms with E-state index < -0.39 is 11.9 Å². The first kappa shape index (κ1) is 18.8. The van der Waals surface area contributed by atoms with Gasteiger partial charge in [0.15, 0.2) is 0 Å². The molecular formula is C20H16N2O6. The molecule has 142 valence electrons. The number of hydrogen-bond acceptors (Lipinski definition) is 6. The lowest BCUT2D eigenvalue weighted by Gasteiger charge is -2.12. The second-order valence-electron chi connectivity index (χ2n) is 5.73. The van der Waals surface area contributed by atoms with Gasteiger partial charge in [0.1, 0.15) is 11.5 Å². The van der Waals surface area contributed by atoms with Crippen LogP contribution < -0.4 is 9.47 Å². The smallest absolute Gasteiger partial charge is 0.335 e. The van der Waals surface area contributed by atoms with Crippen molar-refractivity contribution in [3.63, 3.8) is 0 Å². The van der Waals surface area contributed by atoms with E-state index in [1.165, 1.54) is 44.7 Å². The number of ether oxygens (including phenoxy) is 2. The van der Waals surface area contributed by atoms with Crippen molar-refractivity contribution < 1.29 is 29.3 Å². The van der Waals surface area contributed by atoms with Crippen LogP contribution in [-0.2, 0) is 0 Å². The van der Waals surface area contributed by atoms with Crippen LogP contribution in [0.25, 0.3) is 22.6 Å². The number of aromatic nitrogens is 2. The molecule has 0 fully saturated rings. The number of benzene rings is 1. The Hall–Kier alpha value is -3.94. The molecule has 0 amide bonds.